The number of carbonyl (C=O) groups excluding carboxylic acids is 1. The normalized spacial score (nSPS) is 29.3. The number of aliphatic hydroxyl groups is 1. The summed E-state index contributed by atoms with van der Waals surface area (Å²) in [6.07, 6.45) is 2.81. The van der Waals surface area contributed by atoms with E-state index in [-0.39, 0.29) is 12.4 Å². The summed E-state index contributed by atoms with van der Waals surface area (Å²) >= 11 is 0. The zero-order valence-corrected chi connectivity index (χ0v) is 15.5. The molecule has 0 amide bonds. The fourth-order valence-corrected chi connectivity index (χ4v) is 3.41. The average Bonchev–Trinajstić information content (AvgIpc) is 3.06. The SMILES string of the molecule is CC(=O)/C=C/CCc1cn(C2OC(CO)C3OC(C)(C)OC32)c(=O)[nH]c1=O. The number of aryl methyl sites for hydroxylation is 1. The van der Waals surface area contributed by atoms with Gasteiger partial charge in [-0.2, -0.15) is 0 Å². The monoisotopic (exact) mass is 380 g/mol. The standard InChI is InChI=1S/C18H24N2O7/c1-10(22)6-4-5-7-11-8-20(17(24)19-15(11)23)16-14-13(12(9-21)25-16)26-18(2,3)27-14/h4,6,8,12-14,16,21H,5,7,9H2,1-3H3,(H,19,23,24)/b6-4+. The van der Waals surface area contributed by atoms with Crippen molar-refractivity contribution in [2.24, 2.45) is 0 Å². The third kappa shape index (κ3) is 4.11. The van der Waals surface area contributed by atoms with Gasteiger partial charge in [0.15, 0.2) is 17.8 Å². The number of rotatable bonds is 6. The lowest BCUT2D eigenvalue weighted by molar-refractivity contribution is -0.200. The number of ether oxygens (including phenoxy) is 3. The highest BCUT2D eigenvalue weighted by Crippen LogP contribution is 2.42. The molecule has 148 valence electrons. The van der Waals surface area contributed by atoms with Gasteiger partial charge in [0.05, 0.1) is 6.61 Å². The fourth-order valence-electron chi connectivity index (χ4n) is 3.41. The Morgan fingerprint density at radius 2 is 2.04 bits per heavy atom. The molecule has 0 saturated carbocycles. The van der Waals surface area contributed by atoms with Gasteiger partial charge in [0, 0.05) is 11.8 Å². The molecule has 0 bridgehead atoms. The van der Waals surface area contributed by atoms with E-state index in [0.29, 0.717) is 18.4 Å². The number of nitrogens with zero attached hydrogens (tertiary/aromatic N) is 1. The molecular formula is C18H24N2O7. The summed E-state index contributed by atoms with van der Waals surface area (Å²) in [7, 11) is 0. The molecule has 4 unspecified atom stereocenters. The minimum atomic E-state index is -0.864. The summed E-state index contributed by atoms with van der Waals surface area (Å²) in [5, 5.41) is 9.56. The molecule has 0 spiro atoms. The largest absolute Gasteiger partial charge is 0.394 e. The highest BCUT2D eigenvalue weighted by atomic mass is 16.8. The van der Waals surface area contributed by atoms with Crippen molar-refractivity contribution in [3.05, 3.63) is 44.8 Å². The van der Waals surface area contributed by atoms with Gasteiger partial charge in [-0.05, 0) is 39.7 Å². The van der Waals surface area contributed by atoms with Crippen molar-refractivity contribution in [3.8, 4) is 0 Å². The molecule has 3 heterocycles. The van der Waals surface area contributed by atoms with Crippen molar-refractivity contribution in [1.82, 2.24) is 9.55 Å². The molecule has 0 aromatic carbocycles. The molecule has 4 atom stereocenters. The van der Waals surface area contributed by atoms with Crippen LogP contribution in [-0.2, 0) is 25.4 Å². The highest BCUT2D eigenvalue weighted by molar-refractivity contribution is 5.87. The Kier molecular flexibility index (Phi) is 5.48. The molecule has 3 rings (SSSR count). The van der Waals surface area contributed by atoms with Gasteiger partial charge in [0.25, 0.3) is 5.56 Å². The number of aromatic nitrogens is 2. The van der Waals surface area contributed by atoms with E-state index in [4.69, 9.17) is 14.2 Å². The van der Waals surface area contributed by atoms with Crippen LogP contribution < -0.4 is 11.2 Å². The predicted molar refractivity (Wildman–Crippen MR) is 94.3 cm³/mol. The maximum Gasteiger partial charge on any atom is 0.330 e. The molecule has 0 radical (unpaired) electrons. The molecule has 2 aliphatic rings. The molecule has 27 heavy (non-hydrogen) atoms. The lowest BCUT2D eigenvalue weighted by Crippen LogP contribution is -2.38. The predicted octanol–water partition coefficient (Wildman–Crippen LogP) is 0.0242. The molecule has 2 fully saturated rings. The summed E-state index contributed by atoms with van der Waals surface area (Å²) in [5.41, 5.74) is -0.725. The first-order valence-corrected chi connectivity index (χ1v) is 8.85. The van der Waals surface area contributed by atoms with Gasteiger partial charge in [-0.3, -0.25) is 19.1 Å². The van der Waals surface area contributed by atoms with Gasteiger partial charge in [0.2, 0.25) is 0 Å². The second-order valence-corrected chi connectivity index (χ2v) is 7.19. The highest BCUT2D eigenvalue weighted by Gasteiger charge is 2.55. The van der Waals surface area contributed by atoms with Crippen molar-refractivity contribution < 1.29 is 24.1 Å². The summed E-state index contributed by atoms with van der Waals surface area (Å²) in [5.74, 6) is -0.938. The third-order valence-corrected chi connectivity index (χ3v) is 4.55. The van der Waals surface area contributed by atoms with Crippen LogP contribution in [0.5, 0.6) is 0 Å². The third-order valence-electron chi connectivity index (χ3n) is 4.55. The molecule has 0 aliphatic carbocycles. The number of ketones is 1. The van der Waals surface area contributed by atoms with Crippen LogP contribution in [0.1, 0.15) is 39.0 Å². The zero-order valence-electron chi connectivity index (χ0n) is 15.5. The van der Waals surface area contributed by atoms with Crippen molar-refractivity contribution in [2.45, 2.75) is 63.9 Å². The Morgan fingerprint density at radius 1 is 1.33 bits per heavy atom. The van der Waals surface area contributed by atoms with E-state index in [1.54, 1.807) is 19.9 Å². The minimum Gasteiger partial charge on any atom is -0.394 e. The van der Waals surface area contributed by atoms with E-state index < -0.39 is 41.6 Å². The molecular weight excluding hydrogens is 356 g/mol. The van der Waals surface area contributed by atoms with E-state index in [0.717, 1.165) is 0 Å². The maximum absolute atomic E-state index is 12.4. The van der Waals surface area contributed by atoms with Crippen molar-refractivity contribution in [1.29, 1.82) is 0 Å². The Balaban J connectivity index is 1.87. The van der Waals surface area contributed by atoms with Gasteiger partial charge < -0.3 is 19.3 Å². The first-order chi connectivity index (χ1) is 12.7. The summed E-state index contributed by atoms with van der Waals surface area (Å²) in [6.45, 7) is 4.66. The van der Waals surface area contributed by atoms with Gasteiger partial charge >= 0.3 is 5.69 Å². The van der Waals surface area contributed by atoms with Gasteiger partial charge in [-0.15, -0.1) is 0 Å². The number of hydrogen-bond acceptors (Lipinski definition) is 7. The van der Waals surface area contributed by atoms with Crippen LogP contribution in [0.2, 0.25) is 0 Å². The summed E-state index contributed by atoms with van der Waals surface area (Å²) in [4.78, 5) is 37.7. The average molecular weight is 380 g/mol. The summed E-state index contributed by atoms with van der Waals surface area (Å²) < 4.78 is 18.7. The van der Waals surface area contributed by atoms with Crippen LogP contribution >= 0.6 is 0 Å². The van der Waals surface area contributed by atoms with Crippen molar-refractivity contribution in [2.75, 3.05) is 6.61 Å². The molecule has 2 saturated heterocycles. The smallest absolute Gasteiger partial charge is 0.330 e. The van der Waals surface area contributed by atoms with Crippen LogP contribution in [0, 0.1) is 0 Å². The van der Waals surface area contributed by atoms with Crippen LogP contribution in [0.25, 0.3) is 0 Å². The number of aliphatic hydroxyl groups excluding tert-OH is 1. The fraction of sp³-hybridized carbons (Fsp3) is 0.611. The molecule has 1 aromatic rings. The molecule has 2 N–H and O–H groups in total. The van der Waals surface area contributed by atoms with Gasteiger partial charge in [0.1, 0.15) is 18.3 Å². The molecule has 1 aromatic heterocycles. The van der Waals surface area contributed by atoms with Gasteiger partial charge in [-0.1, -0.05) is 6.08 Å². The topological polar surface area (TPSA) is 120 Å². The lowest BCUT2D eigenvalue weighted by atomic mass is 10.1. The molecule has 2 aliphatic heterocycles. The number of aromatic amines is 1. The second kappa shape index (κ2) is 7.51. The van der Waals surface area contributed by atoms with E-state index in [1.807, 2.05) is 0 Å². The van der Waals surface area contributed by atoms with Crippen LogP contribution in [0.15, 0.2) is 27.9 Å². The van der Waals surface area contributed by atoms with Crippen LogP contribution in [-0.4, -0.2) is 51.1 Å². The Morgan fingerprint density at radius 3 is 2.70 bits per heavy atom. The van der Waals surface area contributed by atoms with E-state index in [1.165, 1.54) is 23.8 Å². The molecule has 9 heteroatoms. The number of H-pyrrole nitrogens is 1. The first-order valence-electron chi connectivity index (χ1n) is 8.85. The lowest BCUT2D eigenvalue weighted by Gasteiger charge is -2.24. The number of carbonyl (C=O) groups is 1. The van der Waals surface area contributed by atoms with Crippen molar-refractivity contribution in [3.63, 3.8) is 0 Å². The van der Waals surface area contributed by atoms with Crippen LogP contribution in [0.4, 0.5) is 0 Å². The van der Waals surface area contributed by atoms with E-state index >= 15 is 0 Å². The number of allylic oxidation sites excluding steroid dienone is 2. The molecule has 9 nitrogen and oxygen atoms in total. The first kappa shape index (κ1) is 19.7. The Hall–Kier alpha value is -2.07. The number of nitrogens with one attached hydrogen (secondary N) is 1. The Bertz CT molecular complexity index is 854. The minimum absolute atomic E-state index is 0.0738. The zero-order chi connectivity index (χ0) is 19.8. The summed E-state index contributed by atoms with van der Waals surface area (Å²) in [6, 6.07) is 0. The quantitative estimate of drug-likeness (QED) is 0.668. The Labute approximate surface area is 155 Å². The van der Waals surface area contributed by atoms with Crippen molar-refractivity contribution >= 4 is 5.78 Å². The number of fused-ring (bicyclic) bond motifs is 1. The number of hydrogen-bond donors (Lipinski definition) is 2. The second-order valence-electron chi connectivity index (χ2n) is 7.19. The van der Waals surface area contributed by atoms with E-state index in [2.05, 4.69) is 4.98 Å². The maximum atomic E-state index is 12.4. The van der Waals surface area contributed by atoms with Crippen LogP contribution in [0.3, 0.4) is 0 Å². The van der Waals surface area contributed by atoms with E-state index in [9.17, 15) is 19.5 Å². The van der Waals surface area contributed by atoms with Gasteiger partial charge in [-0.25, -0.2) is 4.79 Å².